The van der Waals surface area contributed by atoms with E-state index in [-0.39, 0.29) is 0 Å². The average Bonchev–Trinajstić information content (AvgIpc) is 2.50. The molecular weight excluding hydrogens is 280 g/mol. The summed E-state index contributed by atoms with van der Waals surface area (Å²) in [5.41, 5.74) is 7.83. The Morgan fingerprint density at radius 1 is 1.14 bits per heavy atom. The monoisotopic (exact) mass is 302 g/mol. The van der Waals surface area contributed by atoms with E-state index in [9.17, 15) is 0 Å². The van der Waals surface area contributed by atoms with Gasteiger partial charge >= 0.3 is 0 Å². The number of nitrogens with two attached hydrogens (primary N) is 1. The molecule has 2 aromatic rings. The van der Waals surface area contributed by atoms with Crippen molar-refractivity contribution in [3.63, 3.8) is 0 Å². The van der Waals surface area contributed by atoms with Crippen LogP contribution in [-0.2, 0) is 4.74 Å². The number of anilines is 1. The number of benzene rings is 2. The van der Waals surface area contributed by atoms with Crippen molar-refractivity contribution < 1.29 is 4.74 Å². The van der Waals surface area contributed by atoms with Crippen molar-refractivity contribution >= 4 is 33.7 Å². The molecule has 0 aromatic heterocycles. The molecule has 21 heavy (non-hydrogen) atoms. The Kier molecular flexibility index (Phi) is 5.96. The average molecular weight is 302 g/mol. The van der Waals surface area contributed by atoms with Crippen LogP contribution in [0.2, 0.25) is 0 Å². The quantitative estimate of drug-likeness (QED) is 0.576. The van der Waals surface area contributed by atoms with Crippen molar-refractivity contribution in [2.45, 2.75) is 19.8 Å². The van der Waals surface area contributed by atoms with Crippen LogP contribution in [0.1, 0.15) is 25.3 Å². The molecule has 0 spiro atoms. The minimum absolute atomic E-state index is 0.436. The third-order valence-corrected chi connectivity index (χ3v) is 3.54. The molecule has 0 saturated heterocycles. The second kappa shape index (κ2) is 7.96. The second-order valence-electron chi connectivity index (χ2n) is 4.96. The first-order chi connectivity index (χ1) is 10.2. The zero-order valence-corrected chi connectivity index (χ0v) is 13.2. The molecule has 2 rings (SSSR count). The van der Waals surface area contributed by atoms with Crippen molar-refractivity contribution in [3.8, 4) is 0 Å². The normalized spacial score (nSPS) is 10.7. The fourth-order valence-electron chi connectivity index (χ4n) is 2.31. The third kappa shape index (κ3) is 4.16. The lowest BCUT2D eigenvalue weighted by atomic mass is 10.0. The summed E-state index contributed by atoms with van der Waals surface area (Å²) in [4.78, 5) is 0.436. The molecular formula is C17H22N2OS. The van der Waals surface area contributed by atoms with Gasteiger partial charge in [-0.2, -0.15) is 0 Å². The summed E-state index contributed by atoms with van der Waals surface area (Å²) in [6, 6.07) is 12.2. The van der Waals surface area contributed by atoms with E-state index >= 15 is 0 Å². The van der Waals surface area contributed by atoms with Gasteiger partial charge in [-0.1, -0.05) is 43.4 Å². The predicted octanol–water partition coefficient (Wildman–Crippen LogP) is 3.70. The van der Waals surface area contributed by atoms with Crippen LogP contribution in [0.15, 0.2) is 36.4 Å². The Morgan fingerprint density at radius 3 is 2.62 bits per heavy atom. The lowest BCUT2D eigenvalue weighted by Crippen LogP contribution is -2.11. The fourth-order valence-corrected chi connectivity index (χ4v) is 2.49. The summed E-state index contributed by atoms with van der Waals surface area (Å²) in [7, 11) is 0. The molecule has 2 aromatic carbocycles. The van der Waals surface area contributed by atoms with Gasteiger partial charge in [0, 0.05) is 36.4 Å². The number of hydrogen-bond acceptors (Lipinski definition) is 3. The van der Waals surface area contributed by atoms with Crippen molar-refractivity contribution in [3.05, 3.63) is 42.0 Å². The molecule has 0 fully saturated rings. The molecule has 3 N–H and O–H groups in total. The first-order valence-corrected chi connectivity index (χ1v) is 7.78. The summed E-state index contributed by atoms with van der Waals surface area (Å²) in [6.07, 6.45) is 2.06. The standard InChI is InChI=1S/C17H22N2OS/c1-2-11-20-12-5-10-19-16-9-8-15(17(18)21)13-6-3-4-7-14(13)16/h3-4,6-9,19H,2,5,10-12H2,1H3,(H2,18,21). The minimum Gasteiger partial charge on any atom is -0.389 e. The molecule has 0 unspecified atom stereocenters. The van der Waals surface area contributed by atoms with Crippen LogP contribution in [0.4, 0.5) is 5.69 Å². The molecule has 112 valence electrons. The smallest absolute Gasteiger partial charge is 0.104 e. The van der Waals surface area contributed by atoms with Crippen molar-refractivity contribution in [1.29, 1.82) is 0 Å². The van der Waals surface area contributed by atoms with Gasteiger partial charge in [-0.3, -0.25) is 0 Å². The van der Waals surface area contributed by atoms with Crippen LogP contribution in [0.25, 0.3) is 10.8 Å². The highest BCUT2D eigenvalue weighted by molar-refractivity contribution is 7.80. The molecule has 0 aliphatic carbocycles. The maximum Gasteiger partial charge on any atom is 0.104 e. The lowest BCUT2D eigenvalue weighted by Gasteiger charge is -2.12. The maximum atomic E-state index is 5.79. The Labute approximate surface area is 131 Å². The fraction of sp³-hybridized carbons (Fsp3) is 0.353. The topological polar surface area (TPSA) is 47.3 Å². The van der Waals surface area contributed by atoms with E-state index in [1.165, 1.54) is 0 Å². The highest BCUT2D eigenvalue weighted by Crippen LogP contribution is 2.26. The molecule has 0 aliphatic heterocycles. The second-order valence-corrected chi connectivity index (χ2v) is 5.40. The SMILES string of the molecule is CCCOCCCNc1ccc(C(N)=S)c2ccccc12. The molecule has 0 saturated carbocycles. The van der Waals surface area contributed by atoms with Gasteiger partial charge in [0.05, 0.1) is 0 Å². The molecule has 3 nitrogen and oxygen atoms in total. The summed E-state index contributed by atoms with van der Waals surface area (Å²) >= 11 is 5.12. The van der Waals surface area contributed by atoms with Crippen molar-refractivity contribution in [2.24, 2.45) is 5.73 Å². The first kappa shape index (κ1) is 15.7. The Balaban J connectivity index is 2.07. The Morgan fingerprint density at radius 2 is 1.90 bits per heavy atom. The Hall–Kier alpha value is -1.65. The van der Waals surface area contributed by atoms with Crippen LogP contribution in [0, 0.1) is 0 Å². The molecule has 0 radical (unpaired) electrons. The number of hydrogen-bond donors (Lipinski definition) is 2. The van der Waals surface area contributed by atoms with Gasteiger partial charge in [-0.25, -0.2) is 0 Å². The molecule has 4 heteroatoms. The van der Waals surface area contributed by atoms with Crippen LogP contribution >= 0.6 is 12.2 Å². The number of fused-ring (bicyclic) bond motifs is 1. The minimum atomic E-state index is 0.436. The van der Waals surface area contributed by atoms with E-state index in [0.717, 1.165) is 54.6 Å². The van der Waals surface area contributed by atoms with Crippen LogP contribution in [0.5, 0.6) is 0 Å². The number of nitrogens with one attached hydrogen (secondary N) is 1. The van der Waals surface area contributed by atoms with Crippen LogP contribution < -0.4 is 11.1 Å². The van der Waals surface area contributed by atoms with Gasteiger partial charge in [-0.05, 0) is 30.4 Å². The van der Waals surface area contributed by atoms with Gasteiger partial charge in [-0.15, -0.1) is 0 Å². The zero-order chi connectivity index (χ0) is 15.1. The van der Waals surface area contributed by atoms with Crippen LogP contribution in [-0.4, -0.2) is 24.7 Å². The van der Waals surface area contributed by atoms with Gasteiger partial charge in [0.15, 0.2) is 0 Å². The summed E-state index contributed by atoms with van der Waals surface area (Å²) in [5.74, 6) is 0. The number of thiocarbonyl (C=S) groups is 1. The molecule has 0 bridgehead atoms. The largest absolute Gasteiger partial charge is 0.389 e. The number of ether oxygens (including phenoxy) is 1. The number of rotatable bonds is 8. The molecule has 0 atom stereocenters. The van der Waals surface area contributed by atoms with Gasteiger partial charge in [0.2, 0.25) is 0 Å². The van der Waals surface area contributed by atoms with Crippen molar-refractivity contribution in [2.75, 3.05) is 25.1 Å². The molecule has 0 aliphatic rings. The highest BCUT2D eigenvalue weighted by atomic mass is 32.1. The van der Waals surface area contributed by atoms with Gasteiger partial charge in [0.1, 0.15) is 4.99 Å². The van der Waals surface area contributed by atoms with Gasteiger partial charge < -0.3 is 15.8 Å². The third-order valence-electron chi connectivity index (χ3n) is 3.32. The molecule has 0 amide bonds. The van der Waals surface area contributed by atoms with Crippen LogP contribution in [0.3, 0.4) is 0 Å². The zero-order valence-electron chi connectivity index (χ0n) is 12.4. The predicted molar refractivity (Wildman–Crippen MR) is 94.1 cm³/mol. The van der Waals surface area contributed by atoms with E-state index in [1.807, 2.05) is 24.3 Å². The van der Waals surface area contributed by atoms with E-state index in [1.54, 1.807) is 0 Å². The summed E-state index contributed by atoms with van der Waals surface area (Å²) < 4.78 is 5.49. The lowest BCUT2D eigenvalue weighted by molar-refractivity contribution is 0.134. The van der Waals surface area contributed by atoms with Crippen molar-refractivity contribution in [1.82, 2.24) is 0 Å². The van der Waals surface area contributed by atoms with E-state index in [0.29, 0.717) is 4.99 Å². The highest BCUT2D eigenvalue weighted by Gasteiger charge is 2.06. The summed E-state index contributed by atoms with van der Waals surface area (Å²) in [5, 5.41) is 5.71. The first-order valence-electron chi connectivity index (χ1n) is 7.37. The maximum absolute atomic E-state index is 5.79. The van der Waals surface area contributed by atoms with E-state index in [4.69, 9.17) is 22.7 Å². The summed E-state index contributed by atoms with van der Waals surface area (Å²) in [6.45, 7) is 4.64. The van der Waals surface area contributed by atoms with E-state index in [2.05, 4.69) is 24.4 Å². The van der Waals surface area contributed by atoms with Gasteiger partial charge in [0.25, 0.3) is 0 Å². The Bertz CT molecular complexity index is 613. The molecule has 0 heterocycles. The van der Waals surface area contributed by atoms with E-state index < -0.39 is 0 Å².